The number of anilines is 1. The largest absolute Gasteiger partial charge is 0.401 e. The van der Waals surface area contributed by atoms with Gasteiger partial charge in [0.1, 0.15) is 0 Å². The van der Waals surface area contributed by atoms with Crippen LogP contribution in [0.5, 0.6) is 0 Å². The van der Waals surface area contributed by atoms with Gasteiger partial charge < -0.3 is 5.73 Å². The summed E-state index contributed by atoms with van der Waals surface area (Å²) in [5.41, 5.74) is 8.09. The van der Waals surface area contributed by atoms with Gasteiger partial charge in [-0.2, -0.15) is 13.2 Å². The molecule has 1 aromatic rings. The van der Waals surface area contributed by atoms with Gasteiger partial charge in [0.2, 0.25) is 0 Å². The summed E-state index contributed by atoms with van der Waals surface area (Å²) in [6.07, 6.45) is -3.47. The minimum absolute atomic E-state index is 0.282. The van der Waals surface area contributed by atoms with Gasteiger partial charge in [-0.3, -0.25) is 4.90 Å². The van der Waals surface area contributed by atoms with E-state index < -0.39 is 12.7 Å². The van der Waals surface area contributed by atoms with Gasteiger partial charge in [0, 0.05) is 12.2 Å². The highest BCUT2D eigenvalue weighted by atomic mass is 19.4. The highest BCUT2D eigenvalue weighted by Gasteiger charge is 2.30. The van der Waals surface area contributed by atoms with E-state index in [1.807, 2.05) is 19.9 Å². The molecule has 18 heavy (non-hydrogen) atoms. The molecule has 0 spiro atoms. The molecule has 0 aliphatic rings. The van der Waals surface area contributed by atoms with E-state index in [1.54, 1.807) is 12.1 Å². The first kappa shape index (κ1) is 14.8. The van der Waals surface area contributed by atoms with E-state index >= 15 is 0 Å². The van der Waals surface area contributed by atoms with Crippen molar-refractivity contribution in [2.45, 2.75) is 33.0 Å². The van der Waals surface area contributed by atoms with Crippen molar-refractivity contribution in [3.05, 3.63) is 29.3 Å². The Bertz CT molecular complexity index is 388. The normalized spacial score (nSPS) is 12.1. The summed E-state index contributed by atoms with van der Waals surface area (Å²) in [5, 5.41) is 0. The van der Waals surface area contributed by atoms with Gasteiger partial charge in [-0.1, -0.05) is 19.1 Å². The van der Waals surface area contributed by atoms with E-state index in [-0.39, 0.29) is 6.54 Å². The second-order valence-corrected chi connectivity index (χ2v) is 4.46. The number of halogens is 3. The first-order valence-corrected chi connectivity index (χ1v) is 5.96. The van der Waals surface area contributed by atoms with Crippen LogP contribution in [0.25, 0.3) is 0 Å². The smallest absolute Gasteiger partial charge is 0.399 e. The molecule has 1 rings (SSSR count). The van der Waals surface area contributed by atoms with Crippen LogP contribution in [0.4, 0.5) is 18.9 Å². The molecule has 5 heteroatoms. The average molecular weight is 260 g/mol. The highest BCUT2D eigenvalue weighted by Crippen LogP contribution is 2.21. The maximum Gasteiger partial charge on any atom is 0.401 e. The molecular formula is C13H19F3N2. The lowest BCUT2D eigenvalue weighted by Gasteiger charge is -2.24. The third-order valence-electron chi connectivity index (χ3n) is 2.82. The Morgan fingerprint density at radius 2 is 1.94 bits per heavy atom. The number of alkyl halides is 3. The van der Waals surface area contributed by atoms with Crippen molar-refractivity contribution in [2.75, 3.05) is 18.8 Å². The molecule has 0 atom stereocenters. The molecule has 0 amide bonds. The fourth-order valence-corrected chi connectivity index (χ4v) is 1.90. The van der Waals surface area contributed by atoms with Gasteiger partial charge in [0.15, 0.2) is 0 Å². The van der Waals surface area contributed by atoms with Crippen LogP contribution >= 0.6 is 0 Å². The van der Waals surface area contributed by atoms with Gasteiger partial charge in [0.05, 0.1) is 6.54 Å². The summed E-state index contributed by atoms with van der Waals surface area (Å²) in [4.78, 5) is 1.40. The van der Waals surface area contributed by atoms with Crippen LogP contribution in [0.2, 0.25) is 0 Å². The molecule has 0 aliphatic carbocycles. The molecule has 1 aromatic carbocycles. The van der Waals surface area contributed by atoms with Crippen LogP contribution in [0, 0.1) is 6.92 Å². The molecule has 0 radical (unpaired) electrons. The zero-order valence-corrected chi connectivity index (χ0v) is 10.7. The summed E-state index contributed by atoms with van der Waals surface area (Å²) in [5.74, 6) is 0. The molecule has 102 valence electrons. The molecule has 0 fully saturated rings. The van der Waals surface area contributed by atoms with Crippen molar-refractivity contribution < 1.29 is 13.2 Å². The number of hydrogen-bond donors (Lipinski definition) is 1. The lowest BCUT2D eigenvalue weighted by molar-refractivity contribution is -0.147. The second-order valence-electron chi connectivity index (χ2n) is 4.46. The second kappa shape index (κ2) is 6.09. The molecule has 2 N–H and O–H groups in total. The van der Waals surface area contributed by atoms with E-state index in [9.17, 15) is 13.2 Å². The first-order valence-electron chi connectivity index (χ1n) is 5.96. The van der Waals surface area contributed by atoms with Crippen LogP contribution in [0.1, 0.15) is 24.5 Å². The Morgan fingerprint density at radius 1 is 1.28 bits per heavy atom. The van der Waals surface area contributed by atoms with Crippen molar-refractivity contribution in [3.8, 4) is 0 Å². The quantitative estimate of drug-likeness (QED) is 0.823. The van der Waals surface area contributed by atoms with Crippen molar-refractivity contribution in [1.82, 2.24) is 4.90 Å². The Hall–Kier alpha value is -1.23. The van der Waals surface area contributed by atoms with Crippen LogP contribution in [0.15, 0.2) is 18.2 Å². The average Bonchev–Trinajstić information content (AvgIpc) is 2.23. The van der Waals surface area contributed by atoms with E-state index in [1.165, 1.54) is 4.90 Å². The molecule has 0 aliphatic heterocycles. The maximum atomic E-state index is 12.4. The van der Waals surface area contributed by atoms with Gasteiger partial charge in [-0.15, -0.1) is 0 Å². The summed E-state index contributed by atoms with van der Waals surface area (Å²) in [6.45, 7) is 3.53. The Labute approximate surface area is 106 Å². The molecule has 0 unspecified atom stereocenters. The SMILES string of the molecule is CCCN(Cc1cccc(N)c1C)CC(F)(F)F. The van der Waals surface area contributed by atoms with Gasteiger partial charge in [0.25, 0.3) is 0 Å². The maximum absolute atomic E-state index is 12.4. The summed E-state index contributed by atoms with van der Waals surface area (Å²) in [7, 11) is 0. The predicted octanol–water partition coefficient (Wildman–Crippen LogP) is 3.35. The minimum atomic E-state index is -4.16. The van der Waals surface area contributed by atoms with Gasteiger partial charge in [-0.25, -0.2) is 0 Å². The number of nitrogens with two attached hydrogens (primary N) is 1. The third kappa shape index (κ3) is 4.56. The van der Waals surface area contributed by atoms with Crippen LogP contribution in [-0.2, 0) is 6.54 Å². The number of nitrogen functional groups attached to an aromatic ring is 1. The van der Waals surface area contributed by atoms with Crippen molar-refractivity contribution >= 4 is 5.69 Å². The van der Waals surface area contributed by atoms with Crippen LogP contribution < -0.4 is 5.73 Å². The van der Waals surface area contributed by atoms with Crippen LogP contribution in [-0.4, -0.2) is 24.2 Å². The topological polar surface area (TPSA) is 29.3 Å². The van der Waals surface area contributed by atoms with Crippen molar-refractivity contribution in [3.63, 3.8) is 0 Å². The minimum Gasteiger partial charge on any atom is -0.399 e. The van der Waals surface area contributed by atoms with Gasteiger partial charge >= 0.3 is 6.18 Å². The van der Waals surface area contributed by atoms with E-state index in [4.69, 9.17) is 5.73 Å². The molecule has 0 bridgehead atoms. The fourth-order valence-electron chi connectivity index (χ4n) is 1.90. The molecular weight excluding hydrogens is 241 g/mol. The molecule has 0 heterocycles. The number of rotatable bonds is 5. The molecule has 0 saturated heterocycles. The summed E-state index contributed by atoms with van der Waals surface area (Å²) >= 11 is 0. The van der Waals surface area contributed by atoms with E-state index in [0.29, 0.717) is 18.7 Å². The number of benzene rings is 1. The summed E-state index contributed by atoms with van der Waals surface area (Å²) < 4.78 is 37.3. The monoisotopic (exact) mass is 260 g/mol. The highest BCUT2D eigenvalue weighted by molar-refractivity contribution is 5.49. The zero-order chi connectivity index (χ0) is 13.8. The number of nitrogens with zero attached hydrogens (tertiary/aromatic N) is 1. The van der Waals surface area contributed by atoms with Crippen molar-refractivity contribution in [1.29, 1.82) is 0 Å². The van der Waals surface area contributed by atoms with E-state index in [2.05, 4.69) is 0 Å². The zero-order valence-electron chi connectivity index (χ0n) is 10.7. The number of hydrogen-bond acceptors (Lipinski definition) is 2. The fraction of sp³-hybridized carbons (Fsp3) is 0.538. The van der Waals surface area contributed by atoms with Crippen molar-refractivity contribution in [2.24, 2.45) is 0 Å². The predicted molar refractivity (Wildman–Crippen MR) is 67.2 cm³/mol. The first-order chi connectivity index (χ1) is 8.33. The van der Waals surface area contributed by atoms with Crippen LogP contribution in [0.3, 0.4) is 0 Å². The Morgan fingerprint density at radius 3 is 2.50 bits per heavy atom. The third-order valence-corrected chi connectivity index (χ3v) is 2.82. The Balaban J connectivity index is 2.80. The molecule has 0 aromatic heterocycles. The van der Waals surface area contributed by atoms with Gasteiger partial charge in [-0.05, 0) is 37.1 Å². The lowest BCUT2D eigenvalue weighted by Crippen LogP contribution is -2.34. The Kier molecular flexibility index (Phi) is 5.02. The summed E-state index contributed by atoms with van der Waals surface area (Å²) in [6, 6.07) is 5.35. The van der Waals surface area contributed by atoms with E-state index in [0.717, 1.165) is 11.1 Å². The standard InChI is InChI=1S/C13H19F3N2/c1-3-7-18(9-13(14,15)16)8-11-5-4-6-12(17)10(11)2/h4-6H,3,7-9,17H2,1-2H3. The lowest BCUT2D eigenvalue weighted by atomic mass is 10.1. The molecule has 2 nitrogen and oxygen atoms in total. The molecule has 0 saturated carbocycles.